The lowest BCUT2D eigenvalue weighted by Crippen LogP contribution is -2.65. The number of sulfonamides is 1. The van der Waals surface area contributed by atoms with Crippen LogP contribution in [-0.2, 0) is 37.3 Å². The first kappa shape index (κ1) is 38.6. The summed E-state index contributed by atoms with van der Waals surface area (Å²) in [6.07, 6.45) is 5.29. The van der Waals surface area contributed by atoms with Crippen LogP contribution in [0.3, 0.4) is 0 Å². The molecule has 0 bridgehead atoms. The van der Waals surface area contributed by atoms with Crippen molar-refractivity contribution >= 4 is 36.8 Å². The molecule has 0 N–H and O–H groups in total. The smallest absolute Gasteiger partial charge is 0.271 e. The summed E-state index contributed by atoms with van der Waals surface area (Å²) in [5, 5.41) is 11.7. The summed E-state index contributed by atoms with van der Waals surface area (Å²) in [7, 11) is -7.98. The molecule has 4 aromatic rings. The largest absolute Gasteiger partial charge is 0.300 e. The van der Waals surface area contributed by atoms with Gasteiger partial charge in [-0.05, 0) is 116 Å². The monoisotopic (exact) mass is 775 g/mol. The number of aryl methyl sites for hydroxylation is 1. The number of hydrogen-bond acceptors (Lipinski definition) is 8. The van der Waals surface area contributed by atoms with Crippen LogP contribution in [0.15, 0.2) is 76.5 Å². The zero-order valence-electron chi connectivity index (χ0n) is 32.2. The zero-order chi connectivity index (χ0) is 38.8. The van der Waals surface area contributed by atoms with Crippen LogP contribution in [0.1, 0.15) is 97.0 Å². The van der Waals surface area contributed by atoms with Gasteiger partial charge in [0.2, 0.25) is 10.0 Å². The van der Waals surface area contributed by atoms with E-state index in [9.17, 15) is 26.9 Å². The first-order valence-corrected chi connectivity index (χ1v) is 22.1. The molecule has 0 radical (unpaired) electrons. The topological polar surface area (TPSA) is 136 Å². The number of hydrogen-bond donors (Lipinski definition) is 0. The van der Waals surface area contributed by atoms with Gasteiger partial charge in [-0.3, -0.25) is 15.0 Å². The van der Waals surface area contributed by atoms with Crippen LogP contribution >= 0.6 is 0 Å². The number of fused-ring (bicyclic) bond motifs is 1. The average molecular weight is 776 g/mol. The summed E-state index contributed by atoms with van der Waals surface area (Å²) >= 11 is 0. The highest BCUT2D eigenvalue weighted by Crippen LogP contribution is 2.45. The van der Waals surface area contributed by atoms with Gasteiger partial charge in [0.05, 0.1) is 25.7 Å². The quantitative estimate of drug-likeness (QED) is 0.125. The van der Waals surface area contributed by atoms with Crippen LogP contribution in [0.25, 0.3) is 11.0 Å². The first-order valence-electron chi connectivity index (χ1n) is 19.3. The molecule has 3 fully saturated rings. The summed E-state index contributed by atoms with van der Waals surface area (Å²) in [5.41, 5.74) is 2.10. The van der Waals surface area contributed by atoms with Crippen LogP contribution < -0.4 is 0 Å². The Morgan fingerprint density at radius 1 is 0.796 bits per heavy atom. The third-order valence-corrected chi connectivity index (χ3v) is 15.6. The van der Waals surface area contributed by atoms with Gasteiger partial charge in [0, 0.05) is 37.2 Å². The summed E-state index contributed by atoms with van der Waals surface area (Å²) in [5.74, 6) is 0.695. The number of nitro groups is 1. The number of benzene rings is 3. The van der Waals surface area contributed by atoms with E-state index in [1.54, 1.807) is 28.6 Å². The van der Waals surface area contributed by atoms with Crippen LogP contribution in [0, 0.1) is 22.0 Å². The molecule has 0 saturated carbocycles. The summed E-state index contributed by atoms with van der Waals surface area (Å²) < 4.78 is 61.0. The zero-order valence-corrected chi connectivity index (χ0v) is 33.9. The molecular weight excluding hydrogens is 723 g/mol. The molecule has 3 aliphatic rings. The Balaban J connectivity index is 1.24. The molecule has 11 nitrogen and oxygen atoms in total. The molecule has 0 amide bonds. The van der Waals surface area contributed by atoms with Crippen LogP contribution in [-0.4, -0.2) is 71.6 Å². The summed E-state index contributed by atoms with van der Waals surface area (Å²) in [6.45, 7) is 15.1. The van der Waals surface area contributed by atoms with E-state index in [0.717, 1.165) is 49.9 Å². The van der Waals surface area contributed by atoms with Crippen molar-refractivity contribution < 1.29 is 21.8 Å². The molecule has 3 saturated heterocycles. The van der Waals surface area contributed by atoms with E-state index in [0.29, 0.717) is 30.3 Å². The second-order valence-corrected chi connectivity index (χ2v) is 21.2. The molecule has 7 rings (SSSR count). The minimum Gasteiger partial charge on any atom is -0.300 e. The number of imidazole rings is 1. The number of piperidine rings is 3. The SMILES string of the molecule is CC(C)(C)c1ccc(S(=O)(=O)N2C[C@@H]3CCCN4CCC[C@@H]([C@H]34)[C@H]2CCCc2nc3cc([N+](=O)[O-])ccc3n2S(=O)(=O)c2ccc(C(C)(C)C)cc2)cc1. The lowest BCUT2D eigenvalue weighted by Gasteiger charge is -2.57. The van der Waals surface area contributed by atoms with Gasteiger partial charge in [-0.1, -0.05) is 65.8 Å². The first-order chi connectivity index (χ1) is 25.4. The van der Waals surface area contributed by atoms with Crippen LogP contribution in [0.2, 0.25) is 0 Å². The Hall–Kier alpha value is -3.65. The highest BCUT2D eigenvalue weighted by Gasteiger charge is 2.51. The molecule has 0 aliphatic carbocycles. The van der Waals surface area contributed by atoms with Gasteiger partial charge in [-0.2, -0.15) is 4.31 Å². The average Bonchev–Trinajstić information content (AvgIpc) is 3.50. The van der Waals surface area contributed by atoms with E-state index in [-0.39, 0.29) is 62.6 Å². The minimum atomic E-state index is -4.15. The van der Waals surface area contributed by atoms with Crippen molar-refractivity contribution in [1.82, 2.24) is 18.2 Å². The van der Waals surface area contributed by atoms with E-state index >= 15 is 0 Å². The second-order valence-electron chi connectivity index (χ2n) is 17.5. The van der Waals surface area contributed by atoms with Crippen molar-refractivity contribution in [2.24, 2.45) is 11.8 Å². The molecule has 0 spiro atoms. The van der Waals surface area contributed by atoms with Gasteiger partial charge in [-0.15, -0.1) is 0 Å². The third-order valence-electron chi connectivity index (χ3n) is 12.0. The van der Waals surface area contributed by atoms with Gasteiger partial charge in [0.25, 0.3) is 15.7 Å². The Morgan fingerprint density at radius 3 is 1.94 bits per heavy atom. The maximum Gasteiger partial charge on any atom is 0.271 e. The van der Waals surface area contributed by atoms with Crippen molar-refractivity contribution in [3.8, 4) is 0 Å². The number of nitro benzene ring substituents is 1. The lowest BCUT2D eigenvalue weighted by atomic mass is 9.70. The fraction of sp³-hybridized carbons (Fsp3) is 0.537. The molecule has 4 heterocycles. The number of aromatic nitrogens is 2. The highest BCUT2D eigenvalue weighted by molar-refractivity contribution is 7.90. The number of rotatable bonds is 9. The second kappa shape index (κ2) is 14.1. The molecular formula is C41H53N5O6S2. The van der Waals surface area contributed by atoms with Gasteiger partial charge in [0.15, 0.2) is 0 Å². The Morgan fingerprint density at radius 2 is 1.37 bits per heavy atom. The predicted molar refractivity (Wildman–Crippen MR) is 211 cm³/mol. The summed E-state index contributed by atoms with van der Waals surface area (Å²) in [6, 6.07) is 18.3. The van der Waals surface area contributed by atoms with Crippen molar-refractivity contribution in [3.05, 3.63) is 93.8 Å². The Bertz CT molecular complexity index is 2250. The lowest BCUT2D eigenvalue weighted by molar-refractivity contribution is -0.384. The van der Waals surface area contributed by atoms with Gasteiger partial charge in [-0.25, -0.2) is 25.8 Å². The van der Waals surface area contributed by atoms with Crippen molar-refractivity contribution in [2.75, 3.05) is 19.6 Å². The van der Waals surface area contributed by atoms with Crippen molar-refractivity contribution in [3.63, 3.8) is 0 Å². The molecule has 4 atom stereocenters. The maximum atomic E-state index is 14.6. The number of nitrogens with zero attached hydrogens (tertiary/aromatic N) is 5. The highest BCUT2D eigenvalue weighted by atomic mass is 32.2. The standard InChI is InChI=1S/C41H53N5O6S2/c1-40(2,3)29-14-19-32(20-15-29)53(49,50)44-27-28-10-8-24-43-25-9-11-34(39(28)43)36(44)12-7-13-38-42-35-26-31(46(47)48)18-23-37(35)45(38)54(51,52)33-21-16-30(17-22-33)41(4,5)6/h14-23,26,28,34,36,39H,7-13,24-25,27H2,1-6H3/t28-,34+,36+,39-/m0/s1. The molecule has 290 valence electrons. The third kappa shape index (κ3) is 7.12. The fourth-order valence-electron chi connectivity index (χ4n) is 9.19. The Labute approximate surface area is 320 Å². The molecule has 0 unspecified atom stereocenters. The van der Waals surface area contributed by atoms with Gasteiger partial charge < -0.3 is 0 Å². The molecule has 1 aromatic heterocycles. The molecule has 54 heavy (non-hydrogen) atoms. The summed E-state index contributed by atoms with van der Waals surface area (Å²) in [4.78, 5) is 18.8. The minimum absolute atomic E-state index is 0.0991. The molecule has 3 aromatic carbocycles. The maximum absolute atomic E-state index is 14.6. The molecule has 3 aliphatic heterocycles. The van der Waals surface area contributed by atoms with Crippen molar-refractivity contribution in [2.45, 2.75) is 119 Å². The van der Waals surface area contributed by atoms with E-state index in [1.807, 2.05) is 24.3 Å². The fourth-order valence-corrected chi connectivity index (χ4v) is 12.5. The molecule has 13 heteroatoms. The van der Waals surface area contributed by atoms with E-state index in [1.165, 1.54) is 22.2 Å². The normalized spacial score (nSPS) is 23.0. The van der Waals surface area contributed by atoms with E-state index in [4.69, 9.17) is 4.98 Å². The predicted octanol–water partition coefficient (Wildman–Crippen LogP) is 7.66. The van der Waals surface area contributed by atoms with Crippen molar-refractivity contribution in [1.29, 1.82) is 0 Å². The van der Waals surface area contributed by atoms with Crippen LogP contribution in [0.4, 0.5) is 5.69 Å². The van der Waals surface area contributed by atoms with E-state index in [2.05, 4.69) is 46.4 Å². The van der Waals surface area contributed by atoms with Crippen LogP contribution in [0.5, 0.6) is 0 Å². The van der Waals surface area contributed by atoms with Gasteiger partial charge in [0.1, 0.15) is 5.82 Å². The Kier molecular flexibility index (Phi) is 10.1. The van der Waals surface area contributed by atoms with Gasteiger partial charge >= 0.3 is 0 Å². The number of non-ortho nitro benzene ring substituents is 1. The van der Waals surface area contributed by atoms with E-state index < -0.39 is 25.0 Å².